The lowest BCUT2D eigenvalue weighted by atomic mass is 9.60. The lowest BCUT2D eigenvalue weighted by Gasteiger charge is -2.45. The van der Waals surface area contributed by atoms with Crippen molar-refractivity contribution in [3.05, 3.63) is 52.6 Å². The van der Waals surface area contributed by atoms with Gasteiger partial charge in [0.2, 0.25) is 0 Å². The Labute approximate surface area is 193 Å². The van der Waals surface area contributed by atoms with E-state index < -0.39 is 48.0 Å². The molecule has 0 aromatic heterocycles. The molecule has 1 aliphatic carbocycles. The molecule has 0 N–H and O–H groups in total. The molecule has 0 spiro atoms. The molecule has 0 aliphatic heterocycles. The summed E-state index contributed by atoms with van der Waals surface area (Å²) in [6.07, 6.45) is 4.53. The van der Waals surface area contributed by atoms with E-state index in [0.717, 1.165) is 5.57 Å². The zero-order valence-corrected chi connectivity index (χ0v) is 21.7. The second-order valence-electron chi connectivity index (χ2n) is 11.5. The predicted octanol–water partition coefficient (Wildman–Crippen LogP) is 7.57. The van der Waals surface area contributed by atoms with Gasteiger partial charge < -0.3 is 3.79 Å². The van der Waals surface area contributed by atoms with Crippen LogP contribution < -0.4 is 4.43 Å². The van der Waals surface area contributed by atoms with Crippen molar-refractivity contribution in [2.75, 3.05) is 0 Å². The van der Waals surface area contributed by atoms with Crippen LogP contribution in [0.5, 0.6) is 0 Å². The molecule has 1 unspecified atom stereocenters. The average molecular weight is 473 g/mol. The van der Waals surface area contributed by atoms with Crippen LogP contribution in [0.25, 0.3) is 0 Å². The highest BCUT2D eigenvalue weighted by Crippen LogP contribution is 2.51. The number of allylic oxidation sites excluding steroid dienone is 3. The van der Waals surface area contributed by atoms with Crippen molar-refractivity contribution in [3.8, 4) is 0 Å². The van der Waals surface area contributed by atoms with Crippen LogP contribution in [0.4, 0.5) is 22.0 Å². The maximum atomic E-state index is 14.7. The van der Waals surface area contributed by atoms with E-state index in [1.54, 1.807) is 0 Å². The fourth-order valence-electron chi connectivity index (χ4n) is 3.84. The van der Waals surface area contributed by atoms with Gasteiger partial charge in [-0.05, 0) is 39.6 Å². The highest BCUT2D eigenvalue weighted by atomic mass is 27.2. The van der Waals surface area contributed by atoms with Gasteiger partial charge in [-0.1, -0.05) is 74.3 Å². The van der Waals surface area contributed by atoms with Gasteiger partial charge in [-0.15, -0.1) is 0 Å². The smallest absolute Gasteiger partial charge is 0.595 e. The minimum absolute atomic E-state index is 0.0484. The van der Waals surface area contributed by atoms with Crippen LogP contribution in [-0.4, -0.2) is 14.5 Å². The molecule has 0 heterocycles. The summed E-state index contributed by atoms with van der Waals surface area (Å²) >= 11 is -3.08. The van der Waals surface area contributed by atoms with E-state index in [0.29, 0.717) is 12.2 Å². The van der Waals surface area contributed by atoms with Gasteiger partial charge in [0.25, 0.3) is 0 Å². The van der Waals surface area contributed by atoms with Crippen molar-refractivity contribution in [1.29, 1.82) is 0 Å². The average Bonchev–Trinajstić information content (AvgIpc) is 2.64. The third-order valence-electron chi connectivity index (χ3n) is 6.58. The first-order valence-corrected chi connectivity index (χ1v) is 12.9. The molecule has 0 bridgehead atoms. The normalized spacial score (nSPS) is 19.7. The standard InChI is InChI=1S/C15H26O.C6F5.C4H9.Al/c1-13(2,3)11-10-15(7,14(4,5)6)9-8-12(11)16;7-2-1-3(8)5(10)6(11)4(2)9;1-4(2)3;/h8-9,16H,10H2,1-7H3;;4H,1H2,2-3H3;/q;;;+1/p-1. The zero-order valence-electron chi connectivity index (χ0n) is 20.5. The maximum Gasteiger partial charge on any atom is 0.595 e. The Hall–Kier alpha value is -1.32. The van der Waals surface area contributed by atoms with Crippen molar-refractivity contribution in [1.82, 2.24) is 0 Å². The molecule has 178 valence electrons. The molecule has 0 amide bonds. The third kappa shape index (κ3) is 5.25. The van der Waals surface area contributed by atoms with Crippen LogP contribution in [0.1, 0.15) is 68.7 Å². The summed E-state index contributed by atoms with van der Waals surface area (Å²) < 4.78 is 76.3. The van der Waals surface area contributed by atoms with E-state index in [4.69, 9.17) is 3.79 Å². The highest BCUT2D eigenvalue weighted by Gasteiger charge is 2.43. The summed E-state index contributed by atoms with van der Waals surface area (Å²) in [5.41, 5.74) is 0.437. The van der Waals surface area contributed by atoms with Gasteiger partial charge in [0.1, 0.15) is 0 Å². The second-order valence-corrected chi connectivity index (χ2v) is 13.8. The monoisotopic (exact) mass is 472 g/mol. The topological polar surface area (TPSA) is 9.23 Å². The van der Waals surface area contributed by atoms with Crippen LogP contribution in [0.15, 0.2) is 23.5 Å². The van der Waals surface area contributed by atoms with E-state index in [2.05, 4.69) is 27.7 Å². The predicted molar refractivity (Wildman–Crippen MR) is 120 cm³/mol. The summed E-state index contributed by atoms with van der Waals surface area (Å²) in [5, 5.41) is 0.226. The largest absolute Gasteiger partial charge is 0.639 e. The van der Waals surface area contributed by atoms with Crippen molar-refractivity contribution < 1.29 is 25.7 Å². The Morgan fingerprint density at radius 3 is 1.78 bits per heavy atom. The molecular weight excluding hydrogens is 438 g/mol. The van der Waals surface area contributed by atoms with Gasteiger partial charge in [0.05, 0.1) is 5.76 Å². The van der Waals surface area contributed by atoms with E-state index in [-0.39, 0.29) is 27.4 Å². The number of hydrogen-bond acceptors (Lipinski definition) is 1. The molecule has 7 heteroatoms. The fraction of sp³-hybridized carbons (Fsp3) is 0.600. The van der Waals surface area contributed by atoms with Crippen LogP contribution in [0, 0.1) is 51.2 Å². The SMILES string of the molecule is CC(C)[CH2][Al]([O]C1=C(C(C)(C)C)CC(C)(C(C)(C)C)C=C1)[c]1c(F)c(F)c(F)c(F)c1F. The first kappa shape index (κ1) is 26.9. The summed E-state index contributed by atoms with van der Waals surface area (Å²) in [5.74, 6) is -9.11. The molecule has 1 aromatic carbocycles. The molecule has 0 fully saturated rings. The minimum atomic E-state index is -3.08. The molecule has 2 rings (SSSR count). The van der Waals surface area contributed by atoms with Crippen molar-refractivity contribution >= 4 is 18.9 Å². The molecule has 1 nitrogen and oxygen atoms in total. The number of hydrogen-bond donors (Lipinski definition) is 0. The second kappa shape index (κ2) is 9.14. The Balaban J connectivity index is 2.64. The molecule has 0 saturated carbocycles. The first-order chi connectivity index (χ1) is 14.4. The molecule has 0 saturated heterocycles. The van der Waals surface area contributed by atoms with E-state index in [1.165, 1.54) is 0 Å². The lowest BCUT2D eigenvalue weighted by Crippen LogP contribution is -2.42. The highest BCUT2D eigenvalue weighted by molar-refractivity contribution is 6.67. The minimum Gasteiger partial charge on any atom is -0.639 e. The Kier molecular flexibility index (Phi) is 7.69. The molecule has 1 atom stereocenters. The van der Waals surface area contributed by atoms with Gasteiger partial charge >= 0.3 is 14.5 Å². The maximum absolute atomic E-state index is 14.7. The number of benzene rings is 1. The van der Waals surface area contributed by atoms with Gasteiger partial charge in [0, 0.05) is 4.43 Å². The van der Waals surface area contributed by atoms with Crippen molar-refractivity contribution in [3.63, 3.8) is 0 Å². The van der Waals surface area contributed by atoms with Gasteiger partial charge in [-0.3, -0.25) is 0 Å². The molecule has 32 heavy (non-hydrogen) atoms. The zero-order chi connectivity index (χ0) is 24.8. The van der Waals surface area contributed by atoms with Crippen LogP contribution in [0.3, 0.4) is 0 Å². The first-order valence-electron chi connectivity index (χ1n) is 11.0. The molecule has 1 aromatic rings. The molecule has 1 aliphatic rings. The number of halogens is 5. The fourth-order valence-corrected chi connectivity index (χ4v) is 6.50. The Morgan fingerprint density at radius 2 is 1.38 bits per heavy atom. The van der Waals surface area contributed by atoms with E-state index >= 15 is 0 Å². The van der Waals surface area contributed by atoms with Crippen LogP contribution in [-0.2, 0) is 3.79 Å². The third-order valence-corrected chi connectivity index (χ3v) is 9.64. The summed E-state index contributed by atoms with van der Waals surface area (Å²) in [4.78, 5) is 0. The van der Waals surface area contributed by atoms with Crippen molar-refractivity contribution in [2.45, 2.75) is 74.0 Å². The summed E-state index contributed by atoms with van der Waals surface area (Å²) in [7, 11) is 0. The Bertz CT molecular complexity index is 908. The molecule has 0 radical (unpaired) electrons. The summed E-state index contributed by atoms with van der Waals surface area (Å²) in [6, 6.07) is 0. The quantitative estimate of drug-likeness (QED) is 0.186. The van der Waals surface area contributed by atoms with Crippen LogP contribution in [0.2, 0.25) is 5.28 Å². The van der Waals surface area contributed by atoms with Gasteiger partial charge in [-0.2, -0.15) is 0 Å². The van der Waals surface area contributed by atoms with E-state index in [9.17, 15) is 22.0 Å². The van der Waals surface area contributed by atoms with Gasteiger partial charge in [0.15, 0.2) is 29.1 Å². The Morgan fingerprint density at radius 1 is 0.906 bits per heavy atom. The summed E-state index contributed by atoms with van der Waals surface area (Å²) in [6.45, 7) is 18.4. The lowest BCUT2D eigenvalue weighted by molar-refractivity contribution is 0.152. The van der Waals surface area contributed by atoms with Crippen molar-refractivity contribution in [2.24, 2.45) is 22.2 Å². The van der Waals surface area contributed by atoms with E-state index in [1.807, 2.05) is 46.8 Å². The molecular formula is C25H34AlF5O. The van der Waals surface area contributed by atoms with Gasteiger partial charge in [-0.25, -0.2) is 22.0 Å². The van der Waals surface area contributed by atoms with Crippen LogP contribution >= 0.6 is 0 Å². The number of rotatable bonds is 5.